The van der Waals surface area contributed by atoms with Gasteiger partial charge in [0.1, 0.15) is 5.69 Å². The van der Waals surface area contributed by atoms with E-state index < -0.39 is 17.6 Å². The quantitative estimate of drug-likeness (QED) is 0.531. The van der Waals surface area contributed by atoms with Gasteiger partial charge in [-0.2, -0.15) is 4.57 Å². The number of carbonyl (C=O) groups excluding carboxylic acids is 2. The molecule has 2 aliphatic heterocycles. The van der Waals surface area contributed by atoms with E-state index in [1.165, 1.54) is 0 Å². The van der Waals surface area contributed by atoms with E-state index in [4.69, 9.17) is 16.7 Å². The van der Waals surface area contributed by atoms with Crippen molar-refractivity contribution in [3.63, 3.8) is 0 Å². The molecule has 1 atom stereocenters. The van der Waals surface area contributed by atoms with Crippen molar-refractivity contribution in [2.75, 3.05) is 19.6 Å². The maximum absolute atomic E-state index is 13.6. The van der Waals surface area contributed by atoms with Gasteiger partial charge in [-0.25, -0.2) is 0 Å². The first-order chi connectivity index (χ1) is 17.6. The molecule has 0 bridgehead atoms. The molecule has 192 valence electrons. The van der Waals surface area contributed by atoms with Gasteiger partial charge in [-0.05, 0) is 37.0 Å². The summed E-state index contributed by atoms with van der Waals surface area (Å²) < 4.78 is 3.84. The number of halogens is 1. The molecule has 1 aromatic carbocycles. The Balaban J connectivity index is 1.41. The number of carboxylic acid groups (broad SMARTS) is 1. The van der Waals surface area contributed by atoms with Crippen molar-refractivity contribution in [3.8, 4) is 11.3 Å². The van der Waals surface area contributed by atoms with Gasteiger partial charge >= 0.3 is 17.5 Å². The monoisotopic (exact) mass is 522 g/mol. The van der Waals surface area contributed by atoms with E-state index in [1.54, 1.807) is 10.7 Å². The average Bonchev–Trinajstić information content (AvgIpc) is 3.31. The van der Waals surface area contributed by atoms with Gasteiger partial charge in [0, 0.05) is 42.1 Å². The Morgan fingerprint density at radius 2 is 1.86 bits per heavy atom. The Morgan fingerprint density at radius 1 is 1.16 bits per heavy atom. The molecule has 3 aliphatic rings. The van der Waals surface area contributed by atoms with E-state index in [-0.39, 0.29) is 23.7 Å². The third kappa shape index (κ3) is 3.54. The number of piperazine rings is 1. The highest BCUT2D eigenvalue weighted by atomic mass is 35.5. The topological polar surface area (TPSA) is 99.1 Å². The minimum absolute atomic E-state index is 0.0179. The average molecular weight is 523 g/mol. The normalized spacial score (nSPS) is 24.8. The minimum atomic E-state index is -0.839. The molecule has 3 aromatic rings. The van der Waals surface area contributed by atoms with Gasteiger partial charge in [0.25, 0.3) is 0 Å². The number of benzene rings is 1. The lowest BCUT2D eigenvalue weighted by Crippen LogP contribution is -2.69. The first-order valence-electron chi connectivity index (χ1n) is 12.7. The van der Waals surface area contributed by atoms with Crippen LogP contribution in [-0.4, -0.2) is 61.9 Å². The van der Waals surface area contributed by atoms with E-state index in [9.17, 15) is 19.5 Å². The summed E-state index contributed by atoms with van der Waals surface area (Å²) in [7, 11) is 0. The van der Waals surface area contributed by atoms with Crippen LogP contribution in [-0.2, 0) is 15.3 Å². The number of aromatic nitrogens is 3. The lowest BCUT2D eigenvalue weighted by atomic mass is 9.74. The fourth-order valence-corrected chi connectivity index (χ4v) is 6.20. The maximum Gasteiger partial charge on any atom is 0.313 e. The Bertz CT molecular complexity index is 1460. The van der Waals surface area contributed by atoms with Crippen molar-refractivity contribution in [2.45, 2.75) is 45.2 Å². The van der Waals surface area contributed by atoms with Gasteiger partial charge in [0.15, 0.2) is 6.20 Å². The van der Waals surface area contributed by atoms with Crippen molar-refractivity contribution in [2.24, 2.45) is 11.8 Å². The molecular formula is C27H29ClN5O4+. The second-order valence-electron chi connectivity index (χ2n) is 10.9. The van der Waals surface area contributed by atoms with Gasteiger partial charge in [-0.1, -0.05) is 47.2 Å². The number of carboxylic acids is 1. The van der Waals surface area contributed by atoms with Crippen LogP contribution in [0.2, 0.25) is 5.02 Å². The SMILES string of the molecule is CC(C)c1cc(-c2ccc(Cl)cc2)nn2cc3[n+](c12)C1(C)CN(C(=O)C2CC(C(=O)O)C2)CCN1C3=O. The number of hydrogen-bond donors (Lipinski definition) is 1. The van der Waals surface area contributed by atoms with Gasteiger partial charge < -0.3 is 10.0 Å². The summed E-state index contributed by atoms with van der Waals surface area (Å²) >= 11 is 6.08. The fraction of sp³-hybridized carbons (Fsp3) is 0.444. The first kappa shape index (κ1) is 23.9. The van der Waals surface area contributed by atoms with Crippen LogP contribution in [0.3, 0.4) is 0 Å². The van der Waals surface area contributed by atoms with Crippen LogP contribution in [0.15, 0.2) is 36.5 Å². The largest absolute Gasteiger partial charge is 0.481 e. The number of hydrogen-bond acceptors (Lipinski definition) is 4. The molecule has 1 aliphatic carbocycles. The zero-order valence-corrected chi connectivity index (χ0v) is 21.8. The molecule has 1 saturated heterocycles. The summed E-state index contributed by atoms with van der Waals surface area (Å²) in [4.78, 5) is 41.7. The predicted octanol–water partition coefficient (Wildman–Crippen LogP) is 3.15. The molecule has 37 heavy (non-hydrogen) atoms. The van der Waals surface area contributed by atoms with Gasteiger partial charge in [0.2, 0.25) is 17.3 Å². The molecule has 0 radical (unpaired) electrons. The smallest absolute Gasteiger partial charge is 0.313 e. The van der Waals surface area contributed by atoms with Crippen LogP contribution in [0.25, 0.3) is 16.9 Å². The van der Waals surface area contributed by atoms with Crippen molar-refractivity contribution in [1.29, 1.82) is 0 Å². The summed E-state index contributed by atoms with van der Waals surface area (Å²) in [6, 6.07) is 9.59. The molecule has 1 N–H and O–H groups in total. The lowest BCUT2D eigenvalue weighted by Gasteiger charge is -2.45. The molecule has 1 saturated carbocycles. The Hall–Kier alpha value is -3.46. The number of nitrogens with zero attached hydrogens (tertiary/aromatic N) is 5. The van der Waals surface area contributed by atoms with Crippen molar-refractivity contribution >= 4 is 35.0 Å². The number of imidazole rings is 1. The third-order valence-electron chi connectivity index (χ3n) is 8.20. The summed E-state index contributed by atoms with van der Waals surface area (Å²) in [5, 5.41) is 14.7. The van der Waals surface area contributed by atoms with Crippen molar-refractivity contribution in [1.82, 2.24) is 19.4 Å². The molecule has 2 amide bonds. The Morgan fingerprint density at radius 3 is 2.51 bits per heavy atom. The molecule has 9 nitrogen and oxygen atoms in total. The zero-order valence-electron chi connectivity index (χ0n) is 21.0. The highest BCUT2D eigenvalue weighted by molar-refractivity contribution is 6.30. The van der Waals surface area contributed by atoms with Crippen LogP contribution in [0.5, 0.6) is 0 Å². The van der Waals surface area contributed by atoms with E-state index in [1.807, 2.05) is 45.6 Å². The summed E-state index contributed by atoms with van der Waals surface area (Å²) in [6.07, 6.45) is 2.56. The van der Waals surface area contributed by atoms with Crippen LogP contribution < -0.4 is 4.57 Å². The predicted molar refractivity (Wildman–Crippen MR) is 135 cm³/mol. The standard InChI is InChI=1S/C27H28ClN5O4/c1-15(2)20-12-21(16-4-6-19(28)7-5-16)29-32-13-22-25(35)31-9-8-30(14-27(31,3)33(22)23(20)32)24(34)17-10-18(11-17)26(36)37/h4-7,12-13,15,17-18H,8-11,14H2,1-3H3/p+1. The molecule has 2 fully saturated rings. The second-order valence-corrected chi connectivity index (χ2v) is 11.3. The Kier molecular flexibility index (Phi) is 5.35. The number of fused-ring (bicyclic) bond motifs is 5. The van der Waals surface area contributed by atoms with Gasteiger partial charge in [-0.15, -0.1) is 0 Å². The number of aliphatic carboxylic acids is 1. The zero-order chi connectivity index (χ0) is 26.2. The number of rotatable bonds is 4. The fourth-order valence-electron chi connectivity index (χ4n) is 6.08. The van der Waals surface area contributed by atoms with Crippen LogP contribution in [0.1, 0.15) is 55.6 Å². The molecule has 6 rings (SSSR count). The molecule has 2 aromatic heterocycles. The number of amides is 2. The van der Waals surface area contributed by atoms with E-state index in [2.05, 4.69) is 19.9 Å². The molecule has 0 spiro atoms. The summed E-state index contributed by atoms with van der Waals surface area (Å²) in [5.41, 5.74) is 3.39. The molecule has 10 heteroatoms. The first-order valence-corrected chi connectivity index (χ1v) is 13.0. The van der Waals surface area contributed by atoms with E-state index >= 15 is 0 Å². The van der Waals surface area contributed by atoms with Gasteiger partial charge in [-0.3, -0.25) is 19.3 Å². The highest BCUT2D eigenvalue weighted by Gasteiger charge is 2.58. The van der Waals surface area contributed by atoms with E-state index in [0.717, 1.165) is 22.5 Å². The summed E-state index contributed by atoms with van der Waals surface area (Å²) in [5.74, 6) is -1.48. The van der Waals surface area contributed by atoms with E-state index in [0.29, 0.717) is 43.2 Å². The van der Waals surface area contributed by atoms with Crippen LogP contribution >= 0.6 is 11.6 Å². The third-order valence-corrected chi connectivity index (χ3v) is 8.45. The Labute approximate surface area is 219 Å². The molecule has 1 unspecified atom stereocenters. The second kappa shape index (κ2) is 8.28. The lowest BCUT2D eigenvalue weighted by molar-refractivity contribution is -0.749. The summed E-state index contributed by atoms with van der Waals surface area (Å²) in [6.45, 7) is 7.45. The van der Waals surface area contributed by atoms with Crippen LogP contribution in [0, 0.1) is 11.8 Å². The van der Waals surface area contributed by atoms with Gasteiger partial charge in [0.05, 0.1) is 12.5 Å². The van der Waals surface area contributed by atoms with Crippen molar-refractivity contribution in [3.05, 3.63) is 52.8 Å². The highest BCUT2D eigenvalue weighted by Crippen LogP contribution is 2.38. The number of carbonyl (C=O) groups is 3. The maximum atomic E-state index is 13.6. The minimum Gasteiger partial charge on any atom is -0.481 e. The molecule has 4 heterocycles. The van der Waals surface area contributed by atoms with Crippen LogP contribution in [0.4, 0.5) is 0 Å². The van der Waals surface area contributed by atoms with Crippen molar-refractivity contribution < 1.29 is 24.1 Å². The molecular weight excluding hydrogens is 494 g/mol.